The molecular formula is C28H41NO2. The van der Waals surface area contributed by atoms with E-state index in [9.17, 15) is 9.90 Å². The zero-order chi connectivity index (χ0) is 22.6. The molecule has 0 aromatic heterocycles. The summed E-state index contributed by atoms with van der Waals surface area (Å²) in [6, 6.07) is 8.71. The lowest BCUT2D eigenvalue weighted by atomic mass is 9.88. The summed E-state index contributed by atoms with van der Waals surface area (Å²) in [7, 11) is 1.90. The number of rotatable bonds is 8. The Hall–Kier alpha value is -1.87. The van der Waals surface area contributed by atoms with E-state index in [1.807, 2.05) is 11.9 Å². The van der Waals surface area contributed by atoms with Crippen molar-refractivity contribution in [1.82, 2.24) is 4.90 Å². The van der Waals surface area contributed by atoms with E-state index < -0.39 is 0 Å². The summed E-state index contributed by atoms with van der Waals surface area (Å²) in [4.78, 5) is 14.2. The van der Waals surface area contributed by atoms with Crippen molar-refractivity contribution in [2.24, 2.45) is 17.8 Å². The van der Waals surface area contributed by atoms with Crippen LogP contribution in [0.4, 0.5) is 0 Å². The van der Waals surface area contributed by atoms with Gasteiger partial charge in [-0.15, -0.1) is 0 Å². The maximum absolute atomic E-state index is 12.4. The van der Waals surface area contributed by atoms with Crippen LogP contribution in [0.15, 0.2) is 48.1 Å². The van der Waals surface area contributed by atoms with Crippen LogP contribution in [-0.2, 0) is 11.2 Å². The molecule has 1 aromatic carbocycles. The first kappa shape index (κ1) is 23.8. The molecule has 170 valence electrons. The van der Waals surface area contributed by atoms with Gasteiger partial charge in [-0.3, -0.25) is 4.79 Å². The van der Waals surface area contributed by atoms with Crippen molar-refractivity contribution in [3.05, 3.63) is 59.2 Å². The zero-order valence-electron chi connectivity index (χ0n) is 20.1. The van der Waals surface area contributed by atoms with Gasteiger partial charge < -0.3 is 10.0 Å². The van der Waals surface area contributed by atoms with Crippen molar-refractivity contribution in [3.8, 4) is 0 Å². The lowest BCUT2D eigenvalue weighted by Gasteiger charge is -2.32. The smallest absolute Gasteiger partial charge is 0.222 e. The Morgan fingerprint density at radius 1 is 1.26 bits per heavy atom. The second kappa shape index (κ2) is 10.2. The molecule has 31 heavy (non-hydrogen) atoms. The third kappa shape index (κ3) is 6.32. The maximum atomic E-state index is 12.4. The first-order valence-electron chi connectivity index (χ1n) is 12.0. The molecule has 2 aliphatic carbocycles. The highest BCUT2D eigenvalue weighted by atomic mass is 16.3. The molecule has 0 bridgehead atoms. The molecule has 3 nitrogen and oxygen atoms in total. The number of nitrogens with zero attached hydrogens (tertiary/aromatic N) is 1. The fourth-order valence-corrected chi connectivity index (χ4v) is 5.17. The number of aryl methyl sites for hydroxylation is 2. The van der Waals surface area contributed by atoms with E-state index in [1.165, 1.54) is 16.7 Å². The summed E-state index contributed by atoms with van der Waals surface area (Å²) in [5.74, 6) is 1.54. The molecule has 4 atom stereocenters. The average molecular weight is 424 g/mol. The maximum Gasteiger partial charge on any atom is 0.222 e. The van der Waals surface area contributed by atoms with Crippen molar-refractivity contribution in [3.63, 3.8) is 0 Å². The number of carbonyl (C=O) groups is 1. The van der Waals surface area contributed by atoms with Crippen molar-refractivity contribution in [1.29, 1.82) is 0 Å². The molecule has 0 spiro atoms. The Kier molecular flexibility index (Phi) is 7.80. The van der Waals surface area contributed by atoms with Gasteiger partial charge in [0.05, 0.1) is 6.10 Å². The molecule has 0 saturated heterocycles. The standard InChI is InChI=1S/C28H41NO2/c1-20-10-8-12-21(16-20)11-6-7-14-24-25-18-22(17-23(25)19-26(24)30)13-9-15-27(31)29(5)28(2,3)4/h7-8,10,12,14,16-17,23-26,30H,6,9,11,13,15,18-19H2,1-5H3/b14-7+/t23-,24+,25-,26+/m0/s1. The van der Waals surface area contributed by atoms with Gasteiger partial charge in [0, 0.05) is 24.9 Å². The predicted molar refractivity (Wildman–Crippen MR) is 129 cm³/mol. The third-order valence-corrected chi connectivity index (χ3v) is 7.26. The van der Waals surface area contributed by atoms with E-state index in [4.69, 9.17) is 0 Å². The van der Waals surface area contributed by atoms with Crippen LogP contribution in [0.25, 0.3) is 0 Å². The number of benzene rings is 1. The summed E-state index contributed by atoms with van der Waals surface area (Å²) in [5.41, 5.74) is 4.07. The Morgan fingerprint density at radius 3 is 2.74 bits per heavy atom. The lowest BCUT2D eigenvalue weighted by Crippen LogP contribution is -2.42. The molecule has 1 N–H and O–H groups in total. The average Bonchev–Trinajstić information content (AvgIpc) is 3.20. The third-order valence-electron chi connectivity index (χ3n) is 7.26. The molecule has 0 aliphatic heterocycles. The first-order chi connectivity index (χ1) is 14.6. The minimum Gasteiger partial charge on any atom is -0.392 e. The Morgan fingerprint density at radius 2 is 2.03 bits per heavy atom. The number of hydrogen-bond acceptors (Lipinski definition) is 2. The summed E-state index contributed by atoms with van der Waals surface area (Å²) < 4.78 is 0. The largest absolute Gasteiger partial charge is 0.392 e. The van der Waals surface area contributed by atoms with Gasteiger partial charge >= 0.3 is 0 Å². The van der Waals surface area contributed by atoms with E-state index in [1.54, 1.807) is 0 Å². The van der Waals surface area contributed by atoms with Gasteiger partial charge in [0.25, 0.3) is 0 Å². The fourth-order valence-electron chi connectivity index (χ4n) is 5.17. The van der Waals surface area contributed by atoms with Crippen LogP contribution in [0.5, 0.6) is 0 Å². The normalized spacial score (nSPS) is 25.7. The van der Waals surface area contributed by atoms with E-state index in [2.05, 4.69) is 70.2 Å². The summed E-state index contributed by atoms with van der Waals surface area (Å²) in [6.07, 6.45) is 13.3. The van der Waals surface area contributed by atoms with E-state index in [0.717, 1.165) is 38.5 Å². The van der Waals surface area contributed by atoms with E-state index in [0.29, 0.717) is 18.3 Å². The number of hydrogen-bond donors (Lipinski definition) is 1. The van der Waals surface area contributed by atoms with E-state index >= 15 is 0 Å². The van der Waals surface area contributed by atoms with E-state index in [-0.39, 0.29) is 23.5 Å². The van der Waals surface area contributed by atoms with Crippen LogP contribution >= 0.6 is 0 Å². The molecule has 2 aliphatic rings. The number of carbonyl (C=O) groups excluding carboxylic acids is 1. The van der Waals surface area contributed by atoms with Crippen molar-refractivity contribution in [2.45, 2.75) is 84.3 Å². The zero-order valence-corrected chi connectivity index (χ0v) is 20.1. The number of fused-ring (bicyclic) bond motifs is 1. The molecule has 1 saturated carbocycles. The van der Waals surface area contributed by atoms with Crippen LogP contribution < -0.4 is 0 Å². The van der Waals surface area contributed by atoms with Gasteiger partial charge in [-0.1, -0.05) is 53.6 Å². The number of aliphatic hydroxyl groups is 1. The number of amides is 1. The summed E-state index contributed by atoms with van der Waals surface area (Å²) in [6.45, 7) is 8.36. The van der Waals surface area contributed by atoms with Crippen LogP contribution in [0.3, 0.4) is 0 Å². The molecule has 0 radical (unpaired) electrons. The summed E-state index contributed by atoms with van der Waals surface area (Å²) >= 11 is 0. The molecule has 1 fully saturated rings. The summed E-state index contributed by atoms with van der Waals surface area (Å²) in [5, 5.41) is 10.6. The van der Waals surface area contributed by atoms with Gasteiger partial charge in [-0.2, -0.15) is 0 Å². The molecular weight excluding hydrogens is 382 g/mol. The van der Waals surface area contributed by atoms with Gasteiger partial charge in [0.2, 0.25) is 5.91 Å². The Labute approximate surface area is 189 Å². The minimum atomic E-state index is -0.218. The molecule has 3 rings (SSSR count). The molecule has 3 heteroatoms. The van der Waals surface area contributed by atoms with Crippen LogP contribution in [-0.4, -0.2) is 34.6 Å². The highest BCUT2D eigenvalue weighted by Crippen LogP contribution is 2.48. The molecule has 0 unspecified atom stereocenters. The highest BCUT2D eigenvalue weighted by Gasteiger charge is 2.43. The minimum absolute atomic E-state index is 0.115. The lowest BCUT2D eigenvalue weighted by molar-refractivity contribution is -0.134. The van der Waals surface area contributed by atoms with Crippen molar-refractivity contribution >= 4 is 5.91 Å². The van der Waals surface area contributed by atoms with Gasteiger partial charge in [0.1, 0.15) is 0 Å². The fraction of sp³-hybridized carbons (Fsp3) is 0.607. The second-order valence-corrected chi connectivity index (χ2v) is 10.7. The molecule has 1 aromatic rings. The van der Waals surface area contributed by atoms with Crippen LogP contribution in [0, 0.1) is 24.7 Å². The molecule has 1 amide bonds. The Balaban J connectivity index is 1.45. The SMILES string of the molecule is Cc1cccc(CC/C=C/[C@@H]2[C@H]3CC(CCCC(=O)N(C)C(C)(C)C)=C[C@H]3C[C@H]2O)c1. The quantitative estimate of drug-likeness (QED) is 0.533. The Bertz CT molecular complexity index is 817. The predicted octanol–water partition coefficient (Wildman–Crippen LogP) is 5.85. The van der Waals surface area contributed by atoms with Gasteiger partial charge in [-0.25, -0.2) is 0 Å². The molecule has 0 heterocycles. The van der Waals surface area contributed by atoms with Crippen LogP contribution in [0.1, 0.15) is 70.4 Å². The van der Waals surface area contributed by atoms with Crippen LogP contribution in [0.2, 0.25) is 0 Å². The first-order valence-corrected chi connectivity index (χ1v) is 12.0. The number of aliphatic hydroxyl groups excluding tert-OH is 1. The number of allylic oxidation sites excluding steroid dienone is 3. The van der Waals surface area contributed by atoms with Crippen molar-refractivity contribution in [2.75, 3.05) is 7.05 Å². The van der Waals surface area contributed by atoms with Crippen molar-refractivity contribution < 1.29 is 9.90 Å². The highest BCUT2D eigenvalue weighted by molar-refractivity contribution is 5.76. The topological polar surface area (TPSA) is 40.5 Å². The van der Waals surface area contributed by atoms with Gasteiger partial charge in [-0.05, 0) is 83.6 Å². The van der Waals surface area contributed by atoms with Gasteiger partial charge in [0.15, 0.2) is 0 Å². The monoisotopic (exact) mass is 423 g/mol. The second-order valence-electron chi connectivity index (χ2n) is 10.7.